The van der Waals surface area contributed by atoms with Gasteiger partial charge in [-0.1, -0.05) is 0 Å². The van der Waals surface area contributed by atoms with Gasteiger partial charge < -0.3 is 20.9 Å². The Hall–Kier alpha value is -2.08. The van der Waals surface area contributed by atoms with Gasteiger partial charge in [0, 0.05) is 24.3 Å². The van der Waals surface area contributed by atoms with E-state index < -0.39 is 17.4 Å². The molecule has 18 heavy (non-hydrogen) atoms. The number of nitrogens with two attached hydrogens (primary N) is 1. The topological polar surface area (TPSA) is 102 Å². The van der Waals surface area contributed by atoms with Crippen LogP contribution >= 0.6 is 0 Å². The number of ether oxygens (including phenoxy) is 1. The van der Waals surface area contributed by atoms with E-state index in [0.717, 1.165) is 0 Å². The summed E-state index contributed by atoms with van der Waals surface area (Å²) in [6, 6.07) is 6.28. The Morgan fingerprint density at radius 3 is 2.50 bits per heavy atom. The van der Waals surface area contributed by atoms with Crippen LogP contribution in [0.3, 0.4) is 0 Å². The van der Waals surface area contributed by atoms with Crippen molar-refractivity contribution in [3.8, 4) is 0 Å². The summed E-state index contributed by atoms with van der Waals surface area (Å²) in [6.45, 7) is 0.317. The average molecular weight is 250 g/mol. The number of rotatable bonds is 3. The fraction of sp³-hybridized carbons (Fsp3) is 0.333. The zero-order chi connectivity index (χ0) is 13.2. The van der Waals surface area contributed by atoms with Crippen LogP contribution in [-0.4, -0.2) is 35.7 Å². The van der Waals surface area contributed by atoms with E-state index in [1.807, 2.05) is 0 Å². The second kappa shape index (κ2) is 4.66. The van der Waals surface area contributed by atoms with Crippen LogP contribution in [0, 0.1) is 0 Å². The quantitative estimate of drug-likeness (QED) is 0.667. The van der Waals surface area contributed by atoms with E-state index in [9.17, 15) is 14.7 Å². The van der Waals surface area contributed by atoms with Crippen molar-refractivity contribution in [2.24, 2.45) is 0 Å². The van der Waals surface area contributed by atoms with Crippen LogP contribution < -0.4 is 11.1 Å². The molecule has 0 aromatic heterocycles. The molecule has 6 heteroatoms. The second-order valence-electron chi connectivity index (χ2n) is 4.27. The monoisotopic (exact) mass is 250 g/mol. The minimum Gasteiger partial charge on any atom is -0.479 e. The molecule has 2 rings (SSSR count). The van der Waals surface area contributed by atoms with Gasteiger partial charge >= 0.3 is 5.97 Å². The number of carbonyl (C=O) groups excluding carboxylic acids is 1. The fourth-order valence-electron chi connectivity index (χ4n) is 1.81. The number of carboxylic acids is 1. The Balaban J connectivity index is 2.15. The highest BCUT2D eigenvalue weighted by Gasteiger charge is 2.44. The van der Waals surface area contributed by atoms with Gasteiger partial charge in [0.1, 0.15) is 0 Å². The molecule has 1 aliphatic rings. The summed E-state index contributed by atoms with van der Waals surface area (Å²) in [6.07, 6.45) is 0.267. The molecule has 0 radical (unpaired) electrons. The van der Waals surface area contributed by atoms with Crippen LogP contribution in [0.2, 0.25) is 0 Å². The first-order valence-electron chi connectivity index (χ1n) is 5.53. The summed E-state index contributed by atoms with van der Waals surface area (Å²) in [5, 5.41) is 11.7. The van der Waals surface area contributed by atoms with Crippen molar-refractivity contribution < 1.29 is 19.4 Å². The molecule has 1 heterocycles. The number of carboxylic acid groups (broad SMARTS) is 1. The molecule has 1 aromatic rings. The van der Waals surface area contributed by atoms with Crippen LogP contribution in [0.4, 0.5) is 5.69 Å². The van der Waals surface area contributed by atoms with Gasteiger partial charge in [-0.05, 0) is 24.3 Å². The number of carbonyl (C=O) groups is 2. The zero-order valence-corrected chi connectivity index (χ0v) is 9.68. The van der Waals surface area contributed by atoms with Crippen molar-refractivity contribution >= 4 is 17.6 Å². The van der Waals surface area contributed by atoms with Gasteiger partial charge in [-0.15, -0.1) is 0 Å². The van der Waals surface area contributed by atoms with Crippen molar-refractivity contribution in [2.45, 2.75) is 12.0 Å². The Labute approximate surface area is 104 Å². The average Bonchev–Trinajstić information content (AvgIpc) is 2.79. The molecule has 1 unspecified atom stereocenters. The van der Waals surface area contributed by atoms with E-state index in [1.165, 1.54) is 0 Å². The summed E-state index contributed by atoms with van der Waals surface area (Å²) in [5.41, 5.74) is 5.11. The van der Waals surface area contributed by atoms with Crippen molar-refractivity contribution in [3.05, 3.63) is 29.8 Å². The number of aliphatic carboxylic acids is 1. The molecule has 1 aromatic carbocycles. The lowest BCUT2D eigenvalue weighted by Gasteiger charge is -2.23. The molecule has 1 atom stereocenters. The van der Waals surface area contributed by atoms with Gasteiger partial charge in [0.05, 0.1) is 6.61 Å². The Morgan fingerprint density at radius 2 is 2.00 bits per heavy atom. The first kappa shape index (κ1) is 12.4. The molecule has 0 aliphatic carbocycles. The van der Waals surface area contributed by atoms with Crippen molar-refractivity contribution in [1.29, 1.82) is 0 Å². The van der Waals surface area contributed by atoms with E-state index in [1.54, 1.807) is 24.3 Å². The zero-order valence-electron chi connectivity index (χ0n) is 9.68. The third kappa shape index (κ3) is 2.28. The molecule has 1 aliphatic heterocycles. The summed E-state index contributed by atoms with van der Waals surface area (Å²) in [5.74, 6) is -1.52. The van der Waals surface area contributed by atoms with Gasteiger partial charge in [-0.25, -0.2) is 4.79 Å². The van der Waals surface area contributed by atoms with Crippen LogP contribution in [-0.2, 0) is 9.53 Å². The number of anilines is 1. The minimum atomic E-state index is -1.32. The predicted molar refractivity (Wildman–Crippen MR) is 64.1 cm³/mol. The summed E-state index contributed by atoms with van der Waals surface area (Å²) in [4.78, 5) is 23.2. The van der Waals surface area contributed by atoms with Crippen LogP contribution in [0.25, 0.3) is 0 Å². The van der Waals surface area contributed by atoms with Gasteiger partial charge in [-0.2, -0.15) is 0 Å². The van der Waals surface area contributed by atoms with Gasteiger partial charge in [-0.3, -0.25) is 4.79 Å². The number of hydrogen-bond acceptors (Lipinski definition) is 4. The maximum absolute atomic E-state index is 12.0. The van der Waals surface area contributed by atoms with Gasteiger partial charge in [0.15, 0.2) is 5.54 Å². The van der Waals surface area contributed by atoms with E-state index >= 15 is 0 Å². The third-order valence-electron chi connectivity index (χ3n) is 2.96. The van der Waals surface area contributed by atoms with Gasteiger partial charge in [0.2, 0.25) is 0 Å². The first-order chi connectivity index (χ1) is 8.53. The summed E-state index contributed by atoms with van der Waals surface area (Å²) < 4.78 is 5.06. The van der Waals surface area contributed by atoms with Crippen LogP contribution in [0.1, 0.15) is 16.8 Å². The highest BCUT2D eigenvalue weighted by Crippen LogP contribution is 2.20. The fourth-order valence-corrected chi connectivity index (χ4v) is 1.81. The van der Waals surface area contributed by atoms with Gasteiger partial charge in [0.25, 0.3) is 5.91 Å². The number of benzene rings is 1. The third-order valence-corrected chi connectivity index (χ3v) is 2.96. The number of nitrogen functional groups attached to an aromatic ring is 1. The molecule has 1 saturated heterocycles. The Bertz CT molecular complexity index is 463. The maximum atomic E-state index is 12.0. The second-order valence-corrected chi connectivity index (χ2v) is 4.27. The molecule has 1 amide bonds. The molecule has 96 valence electrons. The molecular weight excluding hydrogens is 236 g/mol. The molecular formula is C12H14N2O4. The molecule has 1 fully saturated rings. The van der Waals surface area contributed by atoms with E-state index in [4.69, 9.17) is 10.5 Å². The summed E-state index contributed by atoms with van der Waals surface area (Å²) >= 11 is 0. The highest BCUT2D eigenvalue weighted by molar-refractivity contribution is 5.98. The lowest BCUT2D eigenvalue weighted by molar-refractivity contribution is -0.144. The number of amides is 1. The largest absolute Gasteiger partial charge is 0.479 e. The maximum Gasteiger partial charge on any atom is 0.331 e. The first-order valence-corrected chi connectivity index (χ1v) is 5.53. The standard InChI is InChI=1S/C12H14N2O4/c13-9-3-1-8(2-4-9)10(15)14-12(11(16)17)5-6-18-7-12/h1-4H,5-7,13H2,(H,14,15)(H,16,17). The highest BCUT2D eigenvalue weighted by atomic mass is 16.5. The molecule has 0 saturated carbocycles. The van der Waals surface area contributed by atoms with E-state index in [2.05, 4.69) is 5.32 Å². The SMILES string of the molecule is Nc1ccc(C(=O)NC2(C(=O)O)CCOC2)cc1. The Kier molecular flexibility index (Phi) is 3.20. The lowest BCUT2D eigenvalue weighted by atomic mass is 9.98. The normalized spacial score (nSPS) is 22.7. The van der Waals surface area contributed by atoms with E-state index in [0.29, 0.717) is 17.9 Å². The molecule has 0 spiro atoms. The molecule has 6 nitrogen and oxygen atoms in total. The number of hydrogen-bond donors (Lipinski definition) is 3. The Morgan fingerprint density at radius 1 is 1.33 bits per heavy atom. The van der Waals surface area contributed by atoms with Crippen molar-refractivity contribution in [3.63, 3.8) is 0 Å². The summed E-state index contributed by atoms with van der Waals surface area (Å²) in [7, 11) is 0. The smallest absolute Gasteiger partial charge is 0.331 e. The van der Waals surface area contributed by atoms with Crippen molar-refractivity contribution in [1.82, 2.24) is 5.32 Å². The van der Waals surface area contributed by atoms with Crippen LogP contribution in [0.15, 0.2) is 24.3 Å². The minimum absolute atomic E-state index is 0.0109. The lowest BCUT2D eigenvalue weighted by Crippen LogP contribution is -2.55. The predicted octanol–water partition coefficient (Wildman–Crippen LogP) is 0.242. The van der Waals surface area contributed by atoms with Crippen LogP contribution in [0.5, 0.6) is 0 Å². The molecule has 0 bridgehead atoms. The number of nitrogens with one attached hydrogen (secondary N) is 1. The molecule has 4 N–H and O–H groups in total. The van der Waals surface area contributed by atoms with E-state index in [-0.39, 0.29) is 13.0 Å². The van der Waals surface area contributed by atoms with Crippen molar-refractivity contribution in [2.75, 3.05) is 18.9 Å².